The molecule has 33 heavy (non-hydrogen) atoms. The van der Waals surface area contributed by atoms with Gasteiger partial charge in [0.05, 0.1) is 5.75 Å². The molecule has 2 amide bonds. The predicted octanol–water partition coefficient (Wildman–Crippen LogP) is 7.63. The molecular weight excluding hydrogens is 428 g/mol. The molecule has 1 atom stereocenters. The summed E-state index contributed by atoms with van der Waals surface area (Å²) in [6, 6.07) is 16.0. The summed E-state index contributed by atoms with van der Waals surface area (Å²) in [6.45, 7) is 4.29. The van der Waals surface area contributed by atoms with Crippen molar-refractivity contribution in [1.82, 2.24) is 0 Å². The van der Waals surface area contributed by atoms with Gasteiger partial charge in [0.25, 0.3) is 0 Å². The fourth-order valence-corrected chi connectivity index (χ4v) is 5.41. The normalized spacial score (nSPS) is 15.8. The van der Waals surface area contributed by atoms with Crippen LogP contribution < -0.4 is 10.2 Å². The number of nitrogens with zero attached hydrogens (tertiary/aromatic N) is 1. The number of aryl methyl sites for hydroxylation is 1. The standard InChI is InChI=1S/C28H38N2O2S/c1-3-4-5-6-7-8-9-10-11-15-26(31)29-24-14-12-13-23(20-24)28-30(27(32)21-33-28)25-18-16-22(2)17-19-25/h12-14,16-20,28H,3-11,15,21H2,1-2H3,(H,29,31). The van der Waals surface area contributed by atoms with E-state index in [-0.39, 0.29) is 17.2 Å². The molecule has 0 radical (unpaired) electrons. The smallest absolute Gasteiger partial charge is 0.238 e. The molecule has 1 N–H and O–H groups in total. The van der Waals surface area contributed by atoms with Gasteiger partial charge >= 0.3 is 0 Å². The molecule has 0 saturated carbocycles. The first-order chi connectivity index (χ1) is 16.1. The lowest BCUT2D eigenvalue weighted by atomic mass is 10.1. The molecule has 0 aliphatic carbocycles. The Labute approximate surface area is 203 Å². The van der Waals surface area contributed by atoms with Crippen molar-refractivity contribution in [3.63, 3.8) is 0 Å². The molecule has 1 unspecified atom stereocenters. The second-order valence-corrected chi connectivity index (χ2v) is 10.1. The third kappa shape index (κ3) is 7.92. The summed E-state index contributed by atoms with van der Waals surface area (Å²) < 4.78 is 0. The highest BCUT2D eigenvalue weighted by Crippen LogP contribution is 2.42. The Hall–Kier alpha value is -2.27. The van der Waals surface area contributed by atoms with Crippen LogP contribution in [-0.4, -0.2) is 17.6 Å². The molecular formula is C28H38N2O2S. The fraction of sp³-hybridized carbons (Fsp3) is 0.500. The molecule has 3 rings (SSSR count). The molecule has 1 aliphatic heterocycles. The number of carbonyl (C=O) groups is 2. The van der Waals surface area contributed by atoms with Crippen LogP contribution in [0, 0.1) is 6.92 Å². The highest BCUT2D eigenvalue weighted by atomic mass is 32.2. The van der Waals surface area contributed by atoms with Gasteiger partial charge in [-0.05, 0) is 43.2 Å². The van der Waals surface area contributed by atoms with Gasteiger partial charge in [0.1, 0.15) is 5.37 Å². The molecule has 2 aromatic carbocycles. The van der Waals surface area contributed by atoms with Crippen molar-refractivity contribution < 1.29 is 9.59 Å². The maximum Gasteiger partial charge on any atom is 0.238 e. The van der Waals surface area contributed by atoms with Crippen LogP contribution in [0.3, 0.4) is 0 Å². The third-order valence-corrected chi connectivity index (χ3v) is 7.36. The van der Waals surface area contributed by atoms with Crippen LogP contribution in [-0.2, 0) is 9.59 Å². The zero-order valence-electron chi connectivity index (χ0n) is 20.1. The molecule has 1 aliphatic rings. The summed E-state index contributed by atoms with van der Waals surface area (Å²) in [6.07, 6.45) is 11.8. The van der Waals surface area contributed by atoms with Crippen LogP contribution >= 0.6 is 11.8 Å². The van der Waals surface area contributed by atoms with Crippen LogP contribution in [0.15, 0.2) is 48.5 Å². The fourth-order valence-electron chi connectivity index (χ4n) is 4.24. The molecule has 0 spiro atoms. The van der Waals surface area contributed by atoms with Gasteiger partial charge in [-0.2, -0.15) is 0 Å². The summed E-state index contributed by atoms with van der Waals surface area (Å²) in [7, 11) is 0. The van der Waals surface area contributed by atoms with E-state index in [4.69, 9.17) is 0 Å². The van der Waals surface area contributed by atoms with E-state index in [1.807, 2.05) is 60.4 Å². The Kier molecular flexibility index (Phi) is 10.3. The number of benzene rings is 2. The second kappa shape index (κ2) is 13.4. The lowest BCUT2D eigenvalue weighted by molar-refractivity contribution is -0.117. The number of hydrogen-bond acceptors (Lipinski definition) is 3. The highest BCUT2D eigenvalue weighted by molar-refractivity contribution is 8.00. The summed E-state index contributed by atoms with van der Waals surface area (Å²) in [5, 5.41) is 2.98. The zero-order chi connectivity index (χ0) is 23.5. The van der Waals surface area contributed by atoms with E-state index in [1.165, 1.54) is 50.5 Å². The summed E-state index contributed by atoms with van der Waals surface area (Å²) in [4.78, 5) is 26.9. The predicted molar refractivity (Wildman–Crippen MR) is 141 cm³/mol. The number of rotatable bonds is 13. The minimum atomic E-state index is -0.0746. The lowest BCUT2D eigenvalue weighted by Gasteiger charge is -2.25. The Morgan fingerprint density at radius 2 is 1.64 bits per heavy atom. The molecule has 0 bridgehead atoms. The zero-order valence-corrected chi connectivity index (χ0v) is 21.0. The number of carbonyl (C=O) groups excluding carboxylic acids is 2. The topological polar surface area (TPSA) is 49.4 Å². The molecule has 1 saturated heterocycles. The largest absolute Gasteiger partial charge is 0.326 e. The molecule has 1 fully saturated rings. The van der Waals surface area contributed by atoms with Gasteiger partial charge in [-0.3, -0.25) is 14.5 Å². The summed E-state index contributed by atoms with van der Waals surface area (Å²) in [5.41, 5.74) is 3.93. The number of unbranched alkanes of at least 4 members (excludes halogenated alkanes) is 8. The molecule has 5 heteroatoms. The SMILES string of the molecule is CCCCCCCCCCCC(=O)Nc1cccc(C2SCC(=O)N2c2ccc(C)cc2)c1. The van der Waals surface area contributed by atoms with E-state index in [0.29, 0.717) is 12.2 Å². The van der Waals surface area contributed by atoms with Gasteiger partial charge in [-0.15, -0.1) is 11.8 Å². The maximum absolute atomic E-state index is 12.6. The van der Waals surface area contributed by atoms with Crippen molar-refractivity contribution in [2.75, 3.05) is 16.0 Å². The first-order valence-corrected chi connectivity index (χ1v) is 13.5. The van der Waals surface area contributed by atoms with E-state index in [1.54, 1.807) is 11.8 Å². The van der Waals surface area contributed by atoms with Gasteiger partial charge in [0.2, 0.25) is 11.8 Å². The van der Waals surface area contributed by atoms with Crippen molar-refractivity contribution in [1.29, 1.82) is 0 Å². The average Bonchev–Trinajstić information content (AvgIpc) is 3.20. The number of anilines is 2. The van der Waals surface area contributed by atoms with E-state index in [0.717, 1.165) is 29.8 Å². The Balaban J connectivity index is 1.47. The minimum Gasteiger partial charge on any atom is -0.326 e. The molecule has 178 valence electrons. The van der Waals surface area contributed by atoms with Crippen LogP contribution in [0.1, 0.15) is 87.6 Å². The van der Waals surface area contributed by atoms with Gasteiger partial charge in [0.15, 0.2) is 0 Å². The Morgan fingerprint density at radius 3 is 2.33 bits per heavy atom. The van der Waals surface area contributed by atoms with Crippen molar-refractivity contribution in [3.05, 3.63) is 59.7 Å². The van der Waals surface area contributed by atoms with E-state index in [2.05, 4.69) is 12.2 Å². The Morgan fingerprint density at radius 1 is 0.970 bits per heavy atom. The van der Waals surface area contributed by atoms with Gasteiger partial charge < -0.3 is 5.32 Å². The van der Waals surface area contributed by atoms with Gasteiger partial charge in [-0.25, -0.2) is 0 Å². The first-order valence-electron chi connectivity index (χ1n) is 12.5. The number of thioether (sulfide) groups is 1. The molecule has 2 aromatic rings. The number of amides is 2. The van der Waals surface area contributed by atoms with E-state index in [9.17, 15) is 9.59 Å². The first kappa shape index (κ1) is 25.4. The van der Waals surface area contributed by atoms with Gasteiger partial charge in [0, 0.05) is 17.8 Å². The number of hydrogen-bond donors (Lipinski definition) is 1. The maximum atomic E-state index is 12.6. The molecule has 4 nitrogen and oxygen atoms in total. The van der Waals surface area contributed by atoms with E-state index >= 15 is 0 Å². The van der Waals surface area contributed by atoms with Crippen molar-refractivity contribution in [2.45, 2.75) is 83.4 Å². The van der Waals surface area contributed by atoms with Crippen LogP contribution in [0.4, 0.5) is 11.4 Å². The average molecular weight is 467 g/mol. The monoisotopic (exact) mass is 466 g/mol. The minimum absolute atomic E-state index is 0.0700. The third-order valence-electron chi connectivity index (χ3n) is 6.14. The molecule has 1 heterocycles. The van der Waals surface area contributed by atoms with Crippen molar-refractivity contribution in [3.8, 4) is 0 Å². The number of nitrogens with one attached hydrogen (secondary N) is 1. The van der Waals surface area contributed by atoms with Crippen LogP contribution in [0.25, 0.3) is 0 Å². The van der Waals surface area contributed by atoms with Crippen molar-refractivity contribution >= 4 is 35.0 Å². The summed E-state index contributed by atoms with van der Waals surface area (Å²) >= 11 is 1.63. The highest BCUT2D eigenvalue weighted by Gasteiger charge is 2.34. The molecule has 0 aromatic heterocycles. The second-order valence-electron chi connectivity index (χ2n) is 9.01. The van der Waals surface area contributed by atoms with Crippen LogP contribution in [0.2, 0.25) is 0 Å². The van der Waals surface area contributed by atoms with E-state index < -0.39 is 0 Å². The van der Waals surface area contributed by atoms with Crippen LogP contribution in [0.5, 0.6) is 0 Å². The summed E-state index contributed by atoms with van der Waals surface area (Å²) in [5.74, 6) is 0.655. The lowest BCUT2D eigenvalue weighted by Crippen LogP contribution is -2.27. The quantitative estimate of drug-likeness (QED) is 0.309. The van der Waals surface area contributed by atoms with Gasteiger partial charge in [-0.1, -0.05) is 88.1 Å². The Bertz CT molecular complexity index is 897. The van der Waals surface area contributed by atoms with Crippen molar-refractivity contribution in [2.24, 2.45) is 0 Å².